The molecule has 0 aliphatic carbocycles. The van der Waals surface area contributed by atoms with Crippen molar-refractivity contribution in [2.45, 2.75) is 0 Å². The standard InChI is InChI=1S/C13H7F2N3O2/c14-8-2-1-6(5-9(8)15)11-17-10-7(13(19)20)3-4-16-12(10)18-11/h1-5H,(H,19,20)(H,16,17,18). The minimum Gasteiger partial charge on any atom is -0.478 e. The molecule has 0 saturated carbocycles. The van der Waals surface area contributed by atoms with E-state index < -0.39 is 17.6 Å². The van der Waals surface area contributed by atoms with Crippen molar-refractivity contribution in [3.05, 3.63) is 47.7 Å². The van der Waals surface area contributed by atoms with Gasteiger partial charge in [0.2, 0.25) is 0 Å². The highest BCUT2D eigenvalue weighted by Gasteiger charge is 2.14. The topological polar surface area (TPSA) is 78.9 Å². The molecule has 0 bridgehead atoms. The van der Waals surface area contributed by atoms with Crippen LogP contribution in [0, 0.1) is 11.6 Å². The Morgan fingerprint density at radius 2 is 2.00 bits per heavy atom. The molecule has 0 atom stereocenters. The first-order chi connectivity index (χ1) is 9.56. The third-order valence-corrected chi connectivity index (χ3v) is 2.82. The van der Waals surface area contributed by atoms with Crippen LogP contribution in [-0.4, -0.2) is 26.0 Å². The quantitative estimate of drug-likeness (QED) is 0.753. The molecular formula is C13H7F2N3O2. The lowest BCUT2D eigenvalue weighted by atomic mass is 10.2. The van der Waals surface area contributed by atoms with Gasteiger partial charge in [-0.25, -0.2) is 23.5 Å². The number of imidazole rings is 1. The van der Waals surface area contributed by atoms with Gasteiger partial charge in [0.1, 0.15) is 5.82 Å². The highest BCUT2D eigenvalue weighted by Crippen LogP contribution is 2.23. The van der Waals surface area contributed by atoms with E-state index >= 15 is 0 Å². The number of carbonyl (C=O) groups is 1. The zero-order valence-corrected chi connectivity index (χ0v) is 9.89. The predicted molar refractivity (Wildman–Crippen MR) is 66.2 cm³/mol. The molecule has 3 rings (SSSR count). The molecule has 3 aromatic rings. The smallest absolute Gasteiger partial charge is 0.338 e. The van der Waals surface area contributed by atoms with Crippen molar-refractivity contribution in [2.75, 3.05) is 0 Å². The fraction of sp³-hybridized carbons (Fsp3) is 0. The van der Waals surface area contributed by atoms with Gasteiger partial charge in [-0.2, -0.15) is 0 Å². The van der Waals surface area contributed by atoms with Gasteiger partial charge >= 0.3 is 5.97 Å². The number of hydrogen-bond donors (Lipinski definition) is 2. The highest BCUT2D eigenvalue weighted by molar-refractivity contribution is 6.00. The van der Waals surface area contributed by atoms with Crippen LogP contribution in [0.5, 0.6) is 0 Å². The van der Waals surface area contributed by atoms with Crippen LogP contribution < -0.4 is 0 Å². The van der Waals surface area contributed by atoms with Crippen LogP contribution in [0.1, 0.15) is 10.4 Å². The lowest BCUT2D eigenvalue weighted by Crippen LogP contribution is -1.97. The number of H-pyrrole nitrogens is 1. The number of pyridine rings is 1. The number of hydrogen-bond acceptors (Lipinski definition) is 3. The van der Waals surface area contributed by atoms with Crippen molar-refractivity contribution < 1.29 is 18.7 Å². The van der Waals surface area contributed by atoms with Crippen LogP contribution in [0.15, 0.2) is 30.5 Å². The van der Waals surface area contributed by atoms with Crippen LogP contribution >= 0.6 is 0 Å². The Morgan fingerprint density at radius 3 is 2.70 bits per heavy atom. The number of fused-ring (bicyclic) bond motifs is 1. The third kappa shape index (κ3) is 1.89. The van der Waals surface area contributed by atoms with Gasteiger partial charge in [-0.15, -0.1) is 0 Å². The van der Waals surface area contributed by atoms with E-state index in [1.807, 2.05) is 0 Å². The van der Waals surface area contributed by atoms with Crippen molar-refractivity contribution in [3.8, 4) is 11.4 Å². The van der Waals surface area contributed by atoms with Crippen LogP contribution in [0.25, 0.3) is 22.6 Å². The van der Waals surface area contributed by atoms with E-state index in [-0.39, 0.29) is 22.6 Å². The van der Waals surface area contributed by atoms with Gasteiger partial charge in [-0.1, -0.05) is 0 Å². The van der Waals surface area contributed by atoms with Crippen molar-refractivity contribution >= 4 is 17.1 Å². The lowest BCUT2D eigenvalue weighted by Gasteiger charge is -1.97. The molecule has 1 aromatic carbocycles. The second kappa shape index (κ2) is 4.37. The van der Waals surface area contributed by atoms with Crippen molar-refractivity contribution in [1.29, 1.82) is 0 Å². The second-order valence-electron chi connectivity index (χ2n) is 4.08. The lowest BCUT2D eigenvalue weighted by molar-refractivity contribution is 0.0698. The monoisotopic (exact) mass is 275 g/mol. The van der Waals surface area contributed by atoms with Gasteiger partial charge in [0, 0.05) is 11.8 Å². The first kappa shape index (κ1) is 12.2. The van der Waals surface area contributed by atoms with Gasteiger partial charge < -0.3 is 10.1 Å². The summed E-state index contributed by atoms with van der Waals surface area (Å²) >= 11 is 0. The number of aromatic carboxylic acids is 1. The van der Waals surface area contributed by atoms with Crippen molar-refractivity contribution in [2.24, 2.45) is 0 Å². The molecule has 20 heavy (non-hydrogen) atoms. The molecule has 0 amide bonds. The van der Waals surface area contributed by atoms with Gasteiger partial charge in [0.25, 0.3) is 0 Å². The normalized spacial score (nSPS) is 10.9. The van der Waals surface area contributed by atoms with E-state index in [0.717, 1.165) is 12.1 Å². The summed E-state index contributed by atoms with van der Waals surface area (Å²) in [6.07, 6.45) is 1.32. The number of halogens is 2. The Kier molecular flexibility index (Phi) is 2.67. The minimum absolute atomic E-state index is 0.0105. The molecule has 2 heterocycles. The number of aromatic nitrogens is 3. The first-order valence-electron chi connectivity index (χ1n) is 5.59. The molecule has 0 fully saturated rings. The molecule has 0 aliphatic rings. The number of nitrogens with zero attached hydrogens (tertiary/aromatic N) is 2. The predicted octanol–water partition coefficient (Wildman–Crippen LogP) is 2.60. The van der Waals surface area contributed by atoms with Crippen molar-refractivity contribution in [3.63, 3.8) is 0 Å². The fourth-order valence-corrected chi connectivity index (χ4v) is 1.87. The maximum atomic E-state index is 13.2. The molecule has 2 N–H and O–H groups in total. The van der Waals surface area contributed by atoms with Gasteiger partial charge in [0.15, 0.2) is 17.3 Å². The summed E-state index contributed by atoms with van der Waals surface area (Å²) in [5, 5.41) is 9.06. The number of rotatable bonds is 2. The molecular weight excluding hydrogens is 268 g/mol. The Morgan fingerprint density at radius 1 is 1.20 bits per heavy atom. The molecule has 100 valence electrons. The summed E-state index contributed by atoms with van der Waals surface area (Å²) in [5.41, 5.74) is 0.749. The first-order valence-corrected chi connectivity index (χ1v) is 5.59. The summed E-state index contributed by atoms with van der Waals surface area (Å²) in [4.78, 5) is 21.9. The minimum atomic E-state index is -1.13. The summed E-state index contributed by atoms with van der Waals surface area (Å²) in [5.74, 6) is -2.87. The molecule has 0 radical (unpaired) electrons. The third-order valence-electron chi connectivity index (χ3n) is 2.82. The Bertz CT molecular complexity index is 830. The summed E-state index contributed by atoms with van der Waals surface area (Å²) in [6, 6.07) is 4.63. The Labute approximate surface area is 110 Å². The average Bonchev–Trinajstić information content (AvgIpc) is 2.85. The second-order valence-corrected chi connectivity index (χ2v) is 4.08. The number of benzene rings is 1. The SMILES string of the molecule is O=C(O)c1ccnc2nc(-c3ccc(F)c(F)c3)[nH]c12. The number of nitrogens with one attached hydrogen (secondary N) is 1. The average molecular weight is 275 g/mol. The zero-order valence-electron chi connectivity index (χ0n) is 9.89. The molecule has 0 spiro atoms. The molecule has 5 nitrogen and oxygen atoms in total. The van der Waals surface area contributed by atoms with Gasteiger partial charge in [-0.05, 0) is 24.3 Å². The number of carboxylic acid groups (broad SMARTS) is 1. The number of carboxylic acids is 1. The highest BCUT2D eigenvalue weighted by atomic mass is 19.2. The van der Waals surface area contributed by atoms with E-state index in [0.29, 0.717) is 5.56 Å². The van der Waals surface area contributed by atoms with Crippen molar-refractivity contribution in [1.82, 2.24) is 15.0 Å². The van der Waals surface area contributed by atoms with Crippen LogP contribution in [-0.2, 0) is 0 Å². The summed E-state index contributed by atoms with van der Waals surface area (Å²) in [7, 11) is 0. The summed E-state index contributed by atoms with van der Waals surface area (Å²) < 4.78 is 26.1. The fourth-order valence-electron chi connectivity index (χ4n) is 1.87. The van der Waals surface area contributed by atoms with Crippen LogP contribution in [0.3, 0.4) is 0 Å². The zero-order chi connectivity index (χ0) is 14.3. The van der Waals surface area contributed by atoms with Crippen LogP contribution in [0.2, 0.25) is 0 Å². The van der Waals surface area contributed by atoms with E-state index in [4.69, 9.17) is 5.11 Å². The van der Waals surface area contributed by atoms with E-state index in [1.165, 1.54) is 18.3 Å². The largest absolute Gasteiger partial charge is 0.478 e. The molecule has 0 unspecified atom stereocenters. The molecule has 7 heteroatoms. The summed E-state index contributed by atoms with van der Waals surface area (Å²) in [6.45, 7) is 0. The van der Waals surface area contributed by atoms with Gasteiger partial charge in [-0.3, -0.25) is 0 Å². The Balaban J connectivity index is 2.20. The molecule has 0 saturated heterocycles. The number of aromatic amines is 1. The van der Waals surface area contributed by atoms with Crippen LogP contribution in [0.4, 0.5) is 8.78 Å². The maximum absolute atomic E-state index is 13.2. The Hall–Kier alpha value is -2.83. The van der Waals surface area contributed by atoms with E-state index in [9.17, 15) is 13.6 Å². The van der Waals surface area contributed by atoms with E-state index in [1.54, 1.807) is 0 Å². The van der Waals surface area contributed by atoms with Gasteiger partial charge in [0.05, 0.1) is 11.1 Å². The molecule has 2 aromatic heterocycles. The van der Waals surface area contributed by atoms with E-state index in [2.05, 4.69) is 15.0 Å². The molecule has 0 aliphatic heterocycles. The maximum Gasteiger partial charge on any atom is 0.338 e.